The third-order valence-corrected chi connectivity index (χ3v) is 10.5. The van der Waals surface area contributed by atoms with Gasteiger partial charge in [-0.3, -0.25) is 4.79 Å². The summed E-state index contributed by atoms with van der Waals surface area (Å²) in [5.41, 5.74) is 0. The summed E-state index contributed by atoms with van der Waals surface area (Å²) < 4.78 is 11.2. The van der Waals surface area contributed by atoms with E-state index in [2.05, 4.69) is 26.1 Å². The molecule has 1 saturated heterocycles. The van der Waals surface area contributed by atoms with Crippen molar-refractivity contribution < 1.29 is 39.8 Å². The topological polar surface area (TPSA) is 149 Å². The van der Waals surface area contributed by atoms with E-state index >= 15 is 0 Å². The Morgan fingerprint density at radius 3 is 1.67 bits per heavy atom. The Morgan fingerprint density at radius 2 is 1.17 bits per heavy atom. The Labute approximate surface area is 318 Å². The van der Waals surface area contributed by atoms with Crippen LogP contribution in [0.3, 0.4) is 0 Å². The standard InChI is InChI=1S/C43H83NO8/c1-4-5-6-7-8-9-10-11-12-13-17-20-23-26-29-32-39(47)44-36(34-51-43-42(50)41(49)40(48)38(33-45)52-43)37(46)31-28-25-22-19-16-14-15-18-21-24-27-30-35(2)3/h28,31,35-38,40-43,45-46,48-50H,4-27,29-30,32-34H2,1-3H3,(H,44,47)/b31-28+/t36-,37+,38+,40+,41-,42+,43+/m0/s1. The molecule has 0 saturated carbocycles. The van der Waals surface area contributed by atoms with E-state index in [-0.39, 0.29) is 12.5 Å². The van der Waals surface area contributed by atoms with Crippen LogP contribution in [-0.2, 0) is 14.3 Å². The first-order valence-corrected chi connectivity index (χ1v) is 21.8. The Kier molecular flexibility index (Phi) is 31.3. The molecule has 0 aliphatic carbocycles. The van der Waals surface area contributed by atoms with Crippen molar-refractivity contribution in [1.82, 2.24) is 5.32 Å². The molecule has 1 aliphatic heterocycles. The van der Waals surface area contributed by atoms with E-state index in [1.54, 1.807) is 6.08 Å². The molecule has 1 amide bonds. The molecular weight excluding hydrogens is 658 g/mol. The zero-order valence-electron chi connectivity index (χ0n) is 33.7. The number of carbonyl (C=O) groups excluding carboxylic acids is 1. The van der Waals surface area contributed by atoms with Crippen LogP contribution >= 0.6 is 0 Å². The molecule has 9 heteroatoms. The monoisotopic (exact) mass is 742 g/mol. The summed E-state index contributed by atoms with van der Waals surface area (Å²) in [5, 5.41) is 54.1. The average Bonchev–Trinajstić information content (AvgIpc) is 3.13. The molecule has 7 atom stereocenters. The van der Waals surface area contributed by atoms with Crippen molar-refractivity contribution in [3.8, 4) is 0 Å². The normalized spacial score (nSPS) is 22.0. The van der Waals surface area contributed by atoms with Crippen molar-refractivity contribution in [2.24, 2.45) is 5.92 Å². The minimum Gasteiger partial charge on any atom is -0.394 e. The number of amides is 1. The molecular formula is C43H83NO8. The number of allylic oxidation sites excluding steroid dienone is 1. The molecule has 52 heavy (non-hydrogen) atoms. The van der Waals surface area contributed by atoms with E-state index < -0.39 is 49.5 Å². The molecule has 0 aromatic rings. The Balaban J connectivity index is 2.39. The molecule has 9 nitrogen and oxygen atoms in total. The molecule has 1 fully saturated rings. The predicted octanol–water partition coefficient (Wildman–Crippen LogP) is 8.41. The summed E-state index contributed by atoms with van der Waals surface area (Å²) in [6.45, 7) is 6.09. The molecule has 0 aromatic heterocycles. The first kappa shape index (κ1) is 48.9. The van der Waals surface area contributed by atoms with Crippen molar-refractivity contribution in [3.63, 3.8) is 0 Å². The number of unbranched alkanes of at least 4 members (excludes halogenated alkanes) is 23. The predicted molar refractivity (Wildman–Crippen MR) is 212 cm³/mol. The highest BCUT2D eigenvalue weighted by Gasteiger charge is 2.44. The highest BCUT2D eigenvalue weighted by molar-refractivity contribution is 5.76. The molecule has 1 aliphatic rings. The summed E-state index contributed by atoms with van der Waals surface area (Å²) in [4.78, 5) is 12.9. The molecule has 6 N–H and O–H groups in total. The highest BCUT2D eigenvalue weighted by atomic mass is 16.7. The van der Waals surface area contributed by atoms with E-state index in [0.717, 1.165) is 44.4 Å². The summed E-state index contributed by atoms with van der Waals surface area (Å²) in [6.07, 6.45) is 28.2. The molecule has 0 bridgehead atoms. The lowest BCUT2D eigenvalue weighted by Crippen LogP contribution is -2.60. The second-order valence-electron chi connectivity index (χ2n) is 16.0. The van der Waals surface area contributed by atoms with Crippen LogP contribution in [0.15, 0.2) is 12.2 Å². The molecule has 1 heterocycles. The third kappa shape index (κ3) is 25.1. The van der Waals surface area contributed by atoms with Crippen LogP contribution in [0.4, 0.5) is 0 Å². The number of aliphatic hydroxyl groups is 5. The minimum atomic E-state index is -1.56. The van der Waals surface area contributed by atoms with Crippen molar-refractivity contribution in [3.05, 3.63) is 12.2 Å². The number of aliphatic hydroxyl groups excluding tert-OH is 5. The lowest BCUT2D eigenvalue weighted by molar-refractivity contribution is -0.302. The van der Waals surface area contributed by atoms with Gasteiger partial charge < -0.3 is 40.3 Å². The molecule has 0 unspecified atom stereocenters. The Hall–Kier alpha value is -1.07. The fourth-order valence-electron chi connectivity index (χ4n) is 6.99. The molecule has 0 aromatic carbocycles. The maximum Gasteiger partial charge on any atom is 0.220 e. The van der Waals surface area contributed by atoms with Gasteiger partial charge in [-0.2, -0.15) is 0 Å². The number of carbonyl (C=O) groups is 1. The maximum absolute atomic E-state index is 12.9. The van der Waals surface area contributed by atoms with E-state index in [1.165, 1.54) is 128 Å². The number of hydrogen-bond acceptors (Lipinski definition) is 8. The summed E-state index contributed by atoms with van der Waals surface area (Å²) in [6, 6.07) is -0.798. The quantitative estimate of drug-likeness (QED) is 0.0280. The van der Waals surface area contributed by atoms with Gasteiger partial charge in [0.25, 0.3) is 0 Å². The SMILES string of the molecule is CCCCCCCCCCCCCCCCCC(=O)N[C@@H](CO[C@@H]1O[C@H](CO)[C@@H](O)[C@H](O)[C@H]1O)[C@H](O)/C=C/CCCCCCCCCCCC(C)C. The molecule has 0 spiro atoms. The number of hydrogen-bond donors (Lipinski definition) is 6. The van der Waals surface area contributed by atoms with Crippen molar-refractivity contribution >= 4 is 5.91 Å². The zero-order chi connectivity index (χ0) is 38.2. The van der Waals surface area contributed by atoms with Crippen molar-refractivity contribution in [2.45, 2.75) is 237 Å². The lowest BCUT2D eigenvalue weighted by Gasteiger charge is -2.40. The van der Waals surface area contributed by atoms with Crippen LogP contribution in [0, 0.1) is 5.92 Å². The second kappa shape index (κ2) is 33.3. The molecule has 0 radical (unpaired) electrons. The fourth-order valence-corrected chi connectivity index (χ4v) is 6.99. The fraction of sp³-hybridized carbons (Fsp3) is 0.930. The van der Waals surface area contributed by atoms with Gasteiger partial charge >= 0.3 is 0 Å². The van der Waals surface area contributed by atoms with E-state index in [1.807, 2.05) is 6.08 Å². The van der Waals surface area contributed by atoms with Gasteiger partial charge in [-0.25, -0.2) is 0 Å². The maximum atomic E-state index is 12.9. The first-order chi connectivity index (χ1) is 25.2. The van der Waals surface area contributed by atoms with Crippen molar-refractivity contribution in [2.75, 3.05) is 13.2 Å². The van der Waals surface area contributed by atoms with Gasteiger partial charge in [-0.1, -0.05) is 181 Å². The first-order valence-electron chi connectivity index (χ1n) is 21.8. The van der Waals surface area contributed by atoms with Crippen LogP contribution in [0.25, 0.3) is 0 Å². The van der Waals surface area contributed by atoms with Gasteiger partial charge in [-0.05, 0) is 25.2 Å². The van der Waals surface area contributed by atoms with Gasteiger partial charge in [-0.15, -0.1) is 0 Å². The average molecular weight is 742 g/mol. The van der Waals surface area contributed by atoms with Gasteiger partial charge in [0, 0.05) is 6.42 Å². The highest BCUT2D eigenvalue weighted by Crippen LogP contribution is 2.23. The van der Waals surface area contributed by atoms with Gasteiger partial charge in [0.15, 0.2) is 6.29 Å². The van der Waals surface area contributed by atoms with Crippen LogP contribution in [0.2, 0.25) is 0 Å². The third-order valence-electron chi connectivity index (χ3n) is 10.5. The Morgan fingerprint density at radius 1 is 0.692 bits per heavy atom. The van der Waals surface area contributed by atoms with Crippen LogP contribution in [-0.4, -0.2) is 87.5 Å². The van der Waals surface area contributed by atoms with Crippen molar-refractivity contribution in [1.29, 1.82) is 0 Å². The summed E-state index contributed by atoms with van der Waals surface area (Å²) in [5.74, 6) is 0.627. The second-order valence-corrected chi connectivity index (χ2v) is 16.0. The number of rotatable bonds is 35. The zero-order valence-corrected chi connectivity index (χ0v) is 33.7. The van der Waals surface area contributed by atoms with Crippen LogP contribution in [0.5, 0.6) is 0 Å². The van der Waals surface area contributed by atoms with Crippen LogP contribution < -0.4 is 5.32 Å². The number of ether oxygens (including phenoxy) is 2. The van der Waals surface area contributed by atoms with E-state index in [0.29, 0.717) is 6.42 Å². The molecule has 1 rings (SSSR count). The van der Waals surface area contributed by atoms with Gasteiger partial charge in [0.2, 0.25) is 5.91 Å². The minimum absolute atomic E-state index is 0.176. The number of nitrogens with one attached hydrogen (secondary N) is 1. The largest absolute Gasteiger partial charge is 0.394 e. The van der Waals surface area contributed by atoms with Crippen LogP contribution in [0.1, 0.15) is 194 Å². The summed E-state index contributed by atoms with van der Waals surface area (Å²) in [7, 11) is 0. The van der Waals surface area contributed by atoms with E-state index in [9.17, 15) is 30.3 Å². The molecule has 308 valence electrons. The lowest BCUT2D eigenvalue weighted by atomic mass is 9.99. The smallest absolute Gasteiger partial charge is 0.220 e. The summed E-state index contributed by atoms with van der Waals surface area (Å²) >= 11 is 0. The van der Waals surface area contributed by atoms with E-state index in [4.69, 9.17) is 9.47 Å². The van der Waals surface area contributed by atoms with Gasteiger partial charge in [0.05, 0.1) is 25.4 Å². The Bertz CT molecular complexity index is 840. The van der Waals surface area contributed by atoms with Gasteiger partial charge in [0.1, 0.15) is 24.4 Å².